The highest BCUT2D eigenvalue weighted by molar-refractivity contribution is 5.95. The smallest absolute Gasteiger partial charge is 0.279 e. The summed E-state index contributed by atoms with van der Waals surface area (Å²) in [6.07, 6.45) is 0.357. The minimum atomic E-state index is -0.0522. The molecule has 126 valence electrons. The molecule has 1 aromatic rings. The van der Waals surface area contributed by atoms with Crippen molar-refractivity contribution in [2.75, 3.05) is 39.0 Å². The fraction of sp³-hybridized carbons (Fsp3) is 0.529. The average Bonchev–Trinajstić information content (AvgIpc) is 2.45. The molecule has 1 fully saturated rings. The normalized spacial score (nSPS) is 24.1. The summed E-state index contributed by atoms with van der Waals surface area (Å²) in [6.45, 7) is 6.18. The number of nitrogens with one attached hydrogen (secondary N) is 2. The highest BCUT2D eigenvalue weighted by Gasteiger charge is 2.27. The van der Waals surface area contributed by atoms with E-state index in [2.05, 4.69) is 5.32 Å². The zero-order valence-electron chi connectivity index (χ0n) is 14.3. The third-order valence-electron chi connectivity index (χ3n) is 3.85. The Morgan fingerprint density at radius 3 is 2.26 bits per heavy atom. The van der Waals surface area contributed by atoms with Crippen molar-refractivity contribution in [1.82, 2.24) is 4.90 Å². The lowest BCUT2D eigenvalue weighted by Crippen LogP contribution is -3.16. The molecule has 2 amide bonds. The van der Waals surface area contributed by atoms with Crippen LogP contribution in [-0.4, -0.2) is 62.7 Å². The van der Waals surface area contributed by atoms with Crippen molar-refractivity contribution < 1.29 is 19.2 Å². The zero-order chi connectivity index (χ0) is 17.0. The molecular formula is C17H26N3O3+. The predicted molar refractivity (Wildman–Crippen MR) is 88.7 cm³/mol. The van der Waals surface area contributed by atoms with Crippen LogP contribution >= 0.6 is 0 Å². The second kappa shape index (κ2) is 7.57. The number of rotatable bonds is 4. The molecule has 1 unspecified atom stereocenters. The number of ether oxygens (including phenoxy) is 1. The van der Waals surface area contributed by atoms with Crippen LogP contribution < -0.4 is 10.2 Å². The van der Waals surface area contributed by atoms with Gasteiger partial charge in [0, 0.05) is 25.3 Å². The lowest BCUT2D eigenvalue weighted by molar-refractivity contribution is -0.907. The highest BCUT2D eigenvalue weighted by atomic mass is 16.5. The van der Waals surface area contributed by atoms with Crippen molar-refractivity contribution >= 4 is 17.5 Å². The third-order valence-corrected chi connectivity index (χ3v) is 3.85. The zero-order valence-corrected chi connectivity index (χ0v) is 14.3. The van der Waals surface area contributed by atoms with Crippen LogP contribution in [-0.2, 0) is 9.53 Å². The second-order valence-electron chi connectivity index (χ2n) is 6.42. The highest BCUT2D eigenvalue weighted by Crippen LogP contribution is 2.10. The first-order chi connectivity index (χ1) is 10.8. The molecule has 0 saturated carbocycles. The molecule has 0 aromatic heterocycles. The summed E-state index contributed by atoms with van der Waals surface area (Å²) in [4.78, 5) is 26.8. The van der Waals surface area contributed by atoms with Crippen LogP contribution in [0.15, 0.2) is 24.3 Å². The number of nitrogens with zero attached hydrogens (tertiary/aromatic N) is 1. The molecule has 1 saturated heterocycles. The Hall–Kier alpha value is -1.92. The summed E-state index contributed by atoms with van der Waals surface area (Å²) in [7, 11) is 3.43. The Balaban J connectivity index is 1.89. The second-order valence-corrected chi connectivity index (χ2v) is 6.42. The van der Waals surface area contributed by atoms with Gasteiger partial charge in [0.05, 0.1) is 0 Å². The Morgan fingerprint density at radius 2 is 1.74 bits per heavy atom. The van der Waals surface area contributed by atoms with Crippen molar-refractivity contribution in [3.63, 3.8) is 0 Å². The van der Waals surface area contributed by atoms with Gasteiger partial charge in [0.25, 0.3) is 11.8 Å². The van der Waals surface area contributed by atoms with Crippen molar-refractivity contribution in [3.05, 3.63) is 29.8 Å². The summed E-state index contributed by atoms with van der Waals surface area (Å²) in [6, 6.07) is 6.97. The maximum atomic E-state index is 12.2. The molecule has 23 heavy (non-hydrogen) atoms. The van der Waals surface area contributed by atoms with Crippen LogP contribution in [0.1, 0.15) is 24.2 Å². The van der Waals surface area contributed by atoms with E-state index in [4.69, 9.17) is 4.74 Å². The first-order valence-corrected chi connectivity index (χ1v) is 7.95. The number of carbonyl (C=O) groups excluding carboxylic acids is 2. The van der Waals surface area contributed by atoms with Crippen LogP contribution in [0.25, 0.3) is 0 Å². The minimum Gasteiger partial charge on any atom is -0.364 e. The monoisotopic (exact) mass is 320 g/mol. The number of hydrogen-bond acceptors (Lipinski definition) is 3. The van der Waals surface area contributed by atoms with Gasteiger partial charge in [-0.2, -0.15) is 0 Å². The van der Waals surface area contributed by atoms with E-state index in [0.717, 1.165) is 13.1 Å². The minimum absolute atomic E-state index is 0.0204. The van der Waals surface area contributed by atoms with Crippen molar-refractivity contribution in [3.8, 4) is 0 Å². The lowest BCUT2D eigenvalue weighted by Gasteiger charge is -2.31. The average molecular weight is 320 g/mol. The van der Waals surface area contributed by atoms with Crippen LogP contribution in [0.4, 0.5) is 5.69 Å². The predicted octanol–water partition coefficient (Wildman–Crippen LogP) is 0.0190. The molecule has 0 aliphatic carbocycles. The van der Waals surface area contributed by atoms with E-state index >= 15 is 0 Å². The Bertz CT molecular complexity index is 547. The summed E-state index contributed by atoms with van der Waals surface area (Å²) < 4.78 is 5.68. The van der Waals surface area contributed by atoms with E-state index in [1.165, 1.54) is 9.80 Å². The fourth-order valence-electron chi connectivity index (χ4n) is 2.92. The number of amides is 2. The van der Waals surface area contributed by atoms with Gasteiger partial charge in [-0.25, -0.2) is 0 Å². The summed E-state index contributed by atoms with van der Waals surface area (Å²) in [5, 5.41) is 2.89. The quantitative estimate of drug-likeness (QED) is 0.822. The molecule has 1 heterocycles. The third kappa shape index (κ3) is 5.04. The maximum absolute atomic E-state index is 12.2. The van der Waals surface area contributed by atoms with Gasteiger partial charge >= 0.3 is 0 Å². The molecule has 6 nitrogen and oxygen atoms in total. The fourth-order valence-corrected chi connectivity index (χ4v) is 2.92. The summed E-state index contributed by atoms with van der Waals surface area (Å²) in [5.74, 6) is -0.0726. The molecule has 0 radical (unpaired) electrons. The maximum Gasteiger partial charge on any atom is 0.279 e. The molecule has 2 rings (SSSR count). The van der Waals surface area contributed by atoms with E-state index < -0.39 is 0 Å². The van der Waals surface area contributed by atoms with E-state index in [9.17, 15) is 9.59 Å². The van der Waals surface area contributed by atoms with Crippen LogP contribution in [0.5, 0.6) is 0 Å². The molecule has 3 atom stereocenters. The number of carbonyl (C=O) groups is 2. The molecule has 1 aliphatic rings. The molecule has 1 aromatic carbocycles. The summed E-state index contributed by atoms with van der Waals surface area (Å²) >= 11 is 0. The van der Waals surface area contributed by atoms with Crippen molar-refractivity contribution in [1.29, 1.82) is 0 Å². The number of hydrogen-bond donors (Lipinski definition) is 2. The Kier molecular flexibility index (Phi) is 5.74. The Labute approximate surface area is 137 Å². The summed E-state index contributed by atoms with van der Waals surface area (Å²) in [5.41, 5.74) is 1.31. The van der Waals surface area contributed by atoms with Gasteiger partial charge in [0.1, 0.15) is 25.3 Å². The largest absolute Gasteiger partial charge is 0.364 e. The topological polar surface area (TPSA) is 63.1 Å². The first kappa shape index (κ1) is 17.4. The van der Waals surface area contributed by atoms with Gasteiger partial charge in [0.2, 0.25) is 0 Å². The van der Waals surface area contributed by atoms with Gasteiger partial charge in [-0.3, -0.25) is 9.59 Å². The first-order valence-electron chi connectivity index (χ1n) is 7.95. The lowest BCUT2D eigenvalue weighted by atomic mass is 10.2. The van der Waals surface area contributed by atoms with Crippen molar-refractivity contribution in [2.24, 2.45) is 0 Å². The van der Waals surface area contributed by atoms with Crippen LogP contribution in [0.2, 0.25) is 0 Å². The van der Waals surface area contributed by atoms with Gasteiger partial charge in [-0.05, 0) is 38.1 Å². The standard InChI is InChI=1S/C17H25N3O3/c1-12-9-20(10-13(2)23-12)11-16(21)18-15-7-5-14(6-8-15)17(22)19(3)4/h5-8,12-13H,9-11H2,1-4H3,(H,18,21)/p+1/t12-,13+. The van der Waals surface area contributed by atoms with Crippen molar-refractivity contribution in [2.45, 2.75) is 26.1 Å². The molecule has 1 aliphatic heterocycles. The van der Waals surface area contributed by atoms with E-state index in [0.29, 0.717) is 17.8 Å². The SMILES string of the molecule is C[C@@H]1C[NH+](CC(=O)Nc2ccc(C(=O)N(C)C)cc2)C[C@H](C)O1. The van der Waals surface area contributed by atoms with E-state index in [-0.39, 0.29) is 24.0 Å². The molecule has 6 heteroatoms. The van der Waals surface area contributed by atoms with Crippen LogP contribution in [0.3, 0.4) is 0 Å². The van der Waals surface area contributed by atoms with Crippen LogP contribution in [0, 0.1) is 0 Å². The molecule has 0 spiro atoms. The Morgan fingerprint density at radius 1 is 1.17 bits per heavy atom. The van der Waals surface area contributed by atoms with Gasteiger partial charge in [-0.15, -0.1) is 0 Å². The van der Waals surface area contributed by atoms with E-state index in [1.807, 2.05) is 13.8 Å². The number of benzene rings is 1. The molecule has 2 N–H and O–H groups in total. The van der Waals surface area contributed by atoms with Gasteiger partial charge in [-0.1, -0.05) is 0 Å². The van der Waals surface area contributed by atoms with Gasteiger partial charge in [0.15, 0.2) is 6.54 Å². The molecular weight excluding hydrogens is 294 g/mol. The van der Waals surface area contributed by atoms with Gasteiger partial charge < -0.3 is 19.9 Å². The number of morpholine rings is 1. The van der Waals surface area contributed by atoms with E-state index in [1.54, 1.807) is 38.4 Å². The number of anilines is 1. The number of quaternary nitrogens is 1. The molecule has 0 bridgehead atoms.